The van der Waals surface area contributed by atoms with Crippen molar-refractivity contribution < 1.29 is 23.5 Å². The molecule has 0 spiro atoms. The summed E-state index contributed by atoms with van der Waals surface area (Å²) < 4.78 is 20.7. The zero-order valence-corrected chi connectivity index (χ0v) is 18.2. The molecule has 3 aromatic rings. The summed E-state index contributed by atoms with van der Waals surface area (Å²) in [5, 5.41) is 12.8. The van der Waals surface area contributed by atoms with E-state index >= 15 is 0 Å². The molecule has 2 aliphatic rings. The van der Waals surface area contributed by atoms with Crippen LogP contribution in [-0.4, -0.2) is 29.4 Å². The third kappa shape index (κ3) is 3.23. The molecule has 0 fully saturated rings. The Balaban J connectivity index is 1.65. The van der Waals surface area contributed by atoms with Gasteiger partial charge in [-0.1, -0.05) is 0 Å². The third-order valence-electron chi connectivity index (χ3n) is 6.14. The van der Waals surface area contributed by atoms with Crippen LogP contribution in [0.25, 0.3) is 0 Å². The highest BCUT2D eigenvalue weighted by molar-refractivity contribution is 6.36. The summed E-state index contributed by atoms with van der Waals surface area (Å²) in [4.78, 5) is 40.8. The van der Waals surface area contributed by atoms with E-state index in [1.165, 1.54) is 13.2 Å². The van der Waals surface area contributed by atoms with Crippen LogP contribution in [0.15, 0.2) is 42.5 Å². The number of ether oxygens (including phenoxy) is 1. The van der Waals surface area contributed by atoms with Gasteiger partial charge in [0.1, 0.15) is 29.0 Å². The van der Waals surface area contributed by atoms with Crippen molar-refractivity contribution in [1.82, 2.24) is 4.57 Å². The van der Waals surface area contributed by atoms with Gasteiger partial charge in [0, 0.05) is 17.9 Å². The number of benzene rings is 2. The number of carbonyl (C=O) groups is 3. The van der Waals surface area contributed by atoms with Gasteiger partial charge in [0.2, 0.25) is 0 Å². The smallest absolute Gasteiger partial charge is 0.274 e. The number of anilines is 2. The molecule has 170 valence electrons. The molecule has 3 heterocycles. The molecule has 0 saturated heterocycles. The van der Waals surface area contributed by atoms with Crippen LogP contribution in [0.5, 0.6) is 5.75 Å². The Morgan fingerprint density at radius 3 is 2.53 bits per heavy atom. The number of hydrogen-bond donors (Lipinski definition) is 1. The minimum Gasteiger partial charge on any atom is -0.497 e. The largest absolute Gasteiger partial charge is 0.497 e. The molecule has 2 aliphatic heterocycles. The minimum absolute atomic E-state index is 0.0287. The molecular weight excluding hydrogens is 439 g/mol. The lowest BCUT2D eigenvalue weighted by molar-refractivity contribution is 0.0926. The SMILES string of the molecule is COc1ccc(NC(=O)c2c(N3C(=O)c4ccc(F)cc4C3=O)c(C#N)c3n2CCCC3)cc1. The second kappa shape index (κ2) is 8.15. The number of nitrogens with zero attached hydrogens (tertiary/aromatic N) is 3. The zero-order chi connectivity index (χ0) is 24.0. The number of nitriles is 1. The molecule has 8 nitrogen and oxygen atoms in total. The number of amides is 3. The molecule has 1 aromatic heterocycles. The van der Waals surface area contributed by atoms with Gasteiger partial charge in [-0.25, -0.2) is 9.29 Å². The van der Waals surface area contributed by atoms with Gasteiger partial charge in [-0.05, 0) is 61.7 Å². The monoisotopic (exact) mass is 458 g/mol. The maximum absolute atomic E-state index is 13.8. The van der Waals surface area contributed by atoms with E-state index in [9.17, 15) is 24.0 Å². The normalized spacial score (nSPS) is 14.4. The average Bonchev–Trinajstić information content (AvgIpc) is 3.30. The average molecular weight is 458 g/mol. The fraction of sp³-hybridized carbons (Fsp3) is 0.200. The van der Waals surface area contributed by atoms with Crippen LogP contribution >= 0.6 is 0 Å². The molecule has 0 saturated carbocycles. The molecule has 34 heavy (non-hydrogen) atoms. The van der Waals surface area contributed by atoms with E-state index in [4.69, 9.17) is 4.74 Å². The summed E-state index contributed by atoms with van der Waals surface area (Å²) in [6, 6.07) is 12.1. The molecule has 0 bridgehead atoms. The Bertz CT molecular complexity index is 1400. The van der Waals surface area contributed by atoms with Crippen LogP contribution < -0.4 is 15.0 Å². The summed E-state index contributed by atoms with van der Waals surface area (Å²) in [6.07, 6.45) is 2.12. The highest BCUT2D eigenvalue weighted by Gasteiger charge is 2.43. The summed E-state index contributed by atoms with van der Waals surface area (Å²) >= 11 is 0. The maximum Gasteiger partial charge on any atom is 0.274 e. The fourth-order valence-electron chi connectivity index (χ4n) is 4.57. The molecule has 3 amide bonds. The number of rotatable bonds is 4. The van der Waals surface area contributed by atoms with Gasteiger partial charge in [0.15, 0.2) is 0 Å². The van der Waals surface area contributed by atoms with Gasteiger partial charge in [-0.15, -0.1) is 0 Å². The van der Waals surface area contributed by atoms with E-state index in [-0.39, 0.29) is 28.1 Å². The first-order valence-corrected chi connectivity index (χ1v) is 10.7. The molecule has 5 rings (SSSR count). The molecule has 0 aliphatic carbocycles. The number of fused-ring (bicyclic) bond motifs is 2. The molecule has 1 N–H and O–H groups in total. The van der Waals surface area contributed by atoms with E-state index in [1.807, 2.05) is 0 Å². The van der Waals surface area contributed by atoms with Crippen molar-refractivity contribution in [2.45, 2.75) is 25.8 Å². The standard InChI is InChI=1S/C25H19FN4O4/c1-34-16-8-6-15(7-9-16)28-23(31)22-21(19(13-27)20-4-2-3-11-29(20)22)30-24(32)17-10-5-14(26)12-18(17)25(30)33/h5-10,12H,2-4,11H2,1H3,(H,28,31). The van der Waals surface area contributed by atoms with E-state index in [0.29, 0.717) is 30.1 Å². The molecule has 0 atom stereocenters. The Morgan fingerprint density at radius 1 is 1.09 bits per heavy atom. The summed E-state index contributed by atoms with van der Waals surface area (Å²) in [7, 11) is 1.53. The van der Waals surface area contributed by atoms with E-state index in [2.05, 4.69) is 11.4 Å². The summed E-state index contributed by atoms with van der Waals surface area (Å²) in [5.74, 6) is -2.07. The van der Waals surface area contributed by atoms with Crippen molar-refractivity contribution in [2.75, 3.05) is 17.3 Å². The van der Waals surface area contributed by atoms with E-state index in [0.717, 1.165) is 29.9 Å². The summed E-state index contributed by atoms with van der Waals surface area (Å²) in [6.45, 7) is 0.465. The summed E-state index contributed by atoms with van der Waals surface area (Å²) in [5.41, 5.74) is 1.11. The number of nitrogens with one attached hydrogen (secondary N) is 1. The molecule has 0 unspecified atom stereocenters. The van der Waals surface area contributed by atoms with Gasteiger partial charge < -0.3 is 14.6 Å². The Labute approximate surface area is 194 Å². The topological polar surface area (TPSA) is 104 Å². The predicted octanol–water partition coefficient (Wildman–Crippen LogP) is 3.90. The first kappa shape index (κ1) is 21.4. The first-order valence-electron chi connectivity index (χ1n) is 10.7. The van der Waals surface area contributed by atoms with Crippen molar-refractivity contribution in [3.8, 4) is 11.8 Å². The van der Waals surface area contributed by atoms with Gasteiger partial charge in [-0.2, -0.15) is 5.26 Å². The second-order valence-corrected chi connectivity index (χ2v) is 8.06. The van der Waals surface area contributed by atoms with Gasteiger partial charge >= 0.3 is 0 Å². The van der Waals surface area contributed by atoms with Crippen LogP contribution in [0.2, 0.25) is 0 Å². The van der Waals surface area contributed by atoms with Gasteiger partial charge in [0.05, 0.1) is 23.8 Å². The minimum atomic E-state index is -0.766. The van der Waals surface area contributed by atoms with Crippen molar-refractivity contribution in [2.24, 2.45) is 0 Å². The lowest BCUT2D eigenvalue weighted by Crippen LogP contribution is -2.32. The first-order chi connectivity index (χ1) is 16.4. The Hall–Kier alpha value is -4.45. The van der Waals surface area contributed by atoms with Gasteiger partial charge in [0.25, 0.3) is 17.7 Å². The highest BCUT2D eigenvalue weighted by Crippen LogP contribution is 2.39. The maximum atomic E-state index is 13.8. The van der Waals surface area contributed by atoms with E-state index < -0.39 is 23.5 Å². The molecular formula is C25H19FN4O4. The number of methoxy groups -OCH3 is 1. The number of carbonyl (C=O) groups excluding carboxylic acids is 3. The Kier molecular flexibility index (Phi) is 5.13. The number of aromatic nitrogens is 1. The zero-order valence-electron chi connectivity index (χ0n) is 18.2. The second-order valence-electron chi connectivity index (χ2n) is 8.06. The van der Waals surface area contributed by atoms with Crippen molar-refractivity contribution in [3.63, 3.8) is 0 Å². The number of halogens is 1. The van der Waals surface area contributed by atoms with Crippen LogP contribution in [0.3, 0.4) is 0 Å². The lowest BCUT2D eigenvalue weighted by Gasteiger charge is -2.19. The quantitative estimate of drug-likeness (QED) is 0.597. The lowest BCUT2D eigenvalue weighted by atomic mass is 10.1. The van der Waals surface area contributed by atoms with E-state index in [1.54, 1.807) is 28.8 Å². The highest BCUT2D eigenvalue weighted by atomic mass is 19.1. The molecule has 0 radical (unpaired) electrons. The van der Waals surface area contributed by atoms with Crippen LogP contribution in [0, 0.1) is 17.1 Å². The third-order valence-corrected chi connectivity index (χ3v) is 6.14. The van der Waals surface area contributed by atoms with Crippen LogP contribution in [0.1, 0.15) is 55.3 Å². The fourth-order valence-corrected chi connectivity index (χ4v) is 4.57. The number of hydrogen-bond acceptors (Lipinski definition) is 5. The number of imide groups is 1. The van der Waals surface area contributed by atoms with Crippen LogP contribution in [0.4, 0.5) is 15.8 Å². The van der Waals surface area contributed by atoms with Crippen molar-refractivity contribution in [1.29, 1.82) is 5.26 Å². The predicted molar refractivity (Wildman–Crippen MR) is 121 cm³/mol. The van der Waals surface area contributed by atoms with Crippen molar-refractivity contribution in [3.05, 3.63) is 76.4 Å². The van der Waals surface area contributed by atoms with Gasteiger partial charge in [-0.3, -0.25) is 14.4 Å². The van der Waals surface area contributed by atoms with Crippen LogP contribution in [-0.2, 0) is 13.0 Å². The molecule has 2 aromatic carbocycles. The Morgan fingerprint density at radius 2 is 1.82 bits per heavy atom. The van der Waals surface area contributed by atoms with Crippen molar-refractivity contribution >= 4 is 29.1 Å². The molecule has 9 heteroatoms.